The number of halogens is 1. The molecule has 3 aromatic carbocycles. The Morgan fingerprint density at radius 2 is 1.48 bits per heavy atom. The fraction of sp³-hybridized carbons (Fsp3) is 0. The molecule has 0 saturated heterocycles. The molecule has 0 atom stereocenters. The van der Waals surface area contributed by atoms with Crippen molar-refractivity contribution in [3.63, 3.8) is 0 Å². The summed E-state index contributed by atoms with van der Waals surface area (Å²) in [7, 11) is 0. The first-order valence-electron chi connectivity index (χ1n) is 7.44. The maximum atomic E-state index is 12.6. The van der Waals surface area contributed by atoms with Crippen LogP contribution in [0.3, 0.4) is 0 Å². The second-order valence-electron chi connectivity index (χ2n) is 5.25. The third-order valence-electron chi connectivity index (χ3n) is 3.62. The molecule has 0 unspecified atom stereocenters. The van der Waals surface area contributed by atoms with Crippen LogP contribution in [-0.2, 0) is 0 Å². The Morgan fingerprint density at radius 1 is 0.800 bits per heavy atom. The van der Waals surface area contributed by atoms with Crippen molar-refractivity contribution in [1.29, 1.82) is 0 Å². The van der Waals surface area contributed by atoms with Crippen LogP contribution < -0.4 is 5.32 Å². The molecular formula is C20H16ClNO3. The van der Waals surface area contributed by atoms with Crippen LogP contribution in [0.1, 0.15) is 20.7 Å². The average molecular weight is 354 g/mol. The van der Waals surface area contributed by atoms with Crippen molar-refractivity contribution in [2.24, 2.45) is 0 Å². The van der Waals surface area contributed by atoms with Crippen molar-refractivity contribution in [2.75, 3.05) is 5.32 Å². The molecule has 0 heterocycles. The smallest absolute Gasteiger partial charge is 0.335 e. The van der Waals surface area contributed by atoms with E-state index in [9.17, 15) is 9.59 Å². The van der Waals surface area contributed by atoms with Crippen LogP contribution in [0.4, 0.5) is 5.69 Å². The quantitative estimate of drug-likeness (QED) is 0.712. The van der Waals surface area contributed by atoms with Gasteiger partial charge in [0, 0.05) is 11.3 Å². The summed E-state index contributed by atoms with van der Waals surface area (Å²) >= 11 is 0. The van der Waals surface area contributed by atoms with Crippen LogP contribution in [0.2, 0.25) is 0 Å². The van der Waals surface area contributed by atoms with Crippen molar-refractivity contribution in [1.82, 2.24) is 0 Å². The van der Waals surface area contributed by atoms with E-state index in [1.807, 2.05) is 42.5 Å². The number of hydrogen-bond acceptors (Lipinski definition) is 2. The zero-order valence-corrected chi connectivity index (χ0v) is 14.0. The largest absolute Gasteiger partial charge is 0.478 e. The SMILES string of the molecule is Cl.O=C(O)c1cccc(NC(=O)c2ccccc2-c2ccccc2)c1. The molecule has 0 saturated carbocycles. The monoisotopic (exact) mass is 353 g/mol. The van der Waals surface area contributed by atoms with Gasteiger partial charge in [0.2, 0.25) is 0 Å². The molecule has 0 fully saturated rings. The predicted molar refractivity (Wildman–Crippen MR) is 100 cm³/mol. The number of carbonyl (C=O) groups excluding carboxylic acids is 1. The molecule has 0 aliphatic carbocycles. The number of aromatic carboxylic acids is 1. The molecule has 0 bridgehead atoms. The first-order valence-corrected chi connectivity index (χ1v) is 7.44. The summed E-state index contributed by atoms with van der Waals surface area (Å²) < 4.78 is 0. The van der Waals surface area contributed by atoms with Crippen molar-refractivity contribution < 1.29 is 14.7 Å². The van der Waals surface area contributed by atoms with E-state index in [4.69, 9.17) is 5.11 Å². The van der Waals surface area contributed by atoms with Crippen LogP contribution in [0, 0.1) is 0 Å². The van der Waals surface area contributed by atoms with E-state index in [0.29, 0.717) is 11.3 Å². The predicted octanol–water partition coefficient (Wildman–Crippen LogP) is 4.73. The lowest BCUT2D eigenvalue weighted by molar-refractivity contribution is 0.0696. The van der Waals surface area contributed by atoms with Gasteiger partial charge in [-0.1, -0.05) is 54.6 Å². The second kappa shape index (κ2) is 8.13. The van der Waals surface area contributed by atoms with E-state index < -0.39 is 5.97 Å². The van der Waals surface area contributed by atoms with Crippen molar-refractivity contribution in [2.45, 2.75) is 0 Å². The average Bonchev–Trinajstić information content (AvgIpc) is 2.62. The molecule has 3 aromatic rings. The minimum Gasteiger partial charge on any atom is -0.478 e. The van der Waals surface area contributed by atoms with Gasteiger partial charge in [-0.2, -0.15) is 0 Å². The summed E-state index contributed by atoms with van der Waals surface area (Å²) in [6, 6.07) is 23.1. The molecule has 126 valence electrons. The number of anilines is 1. The maximum Gasteiger partial charge on any atom is 0.335 e. The molecule has 0 aromatic heterocycles. The van der Waals surface area contributed by atoms with Gasteiger partial charge in [-0.05, 0) is 35.4 Å². The Kier molecular flexibility index (Phi) is 5.93. The second-order valence-corrected chi connectivity index (χ2v) is 5.25. The normalized spacial score (nSPS) is 9.76. The lowest BCUT2D eigenvalue weighted by atomic mass is 9.99. The minimum absolute atomic E-state index is 0. The van der Waals surface area contributed by atoms with Gasteiger partial charge in [-0.3, -0.25) is 4.79 Å². The van der Waals surface area contributed by atoms with E-state index in [0.717, 1.165) is 11.1 Å². The van der Waals surface area contributed by atoms with Crippen LogP contribution in [0.5, 0.6) is 0 Å². The van der Waals surface area contributed by atoms with Crippen LogP contribution in [0.25, 0.3) is 11.1 Å². The zero-order valence-electron chi connectivity index (χ0n) is 13.2. The number of amides is 1. The maximum absolute atomic E-state index is 12.6. The van der Waals surface area contributed by atoms with Crippen molar-refractivity contribution in [3.8, 4) is 11.1 Å². The van der Waals surface area contributed by atoms with E-state index in [1.54, 1.807) is 24.3 Å². The fourth-order valence-corrected chi connectivity index (χ4v) is 2.48. The van der Waals surface area contributed by atoms with Crippen molar-refractivity contribution in [3.05, 3.63) is 90.0 Å². The summed E-state index contributed by atoms with van der Waals surface area (Å²) in [6.07, 6.45) is 0. The van der Waals surface area contributed by atoms with Gasteiger partial charge in [0.15, 0.2) is 0 Å². The van der Waals surface area contributed by atoms with Gasteiger partial charge in [0.1, 0.15) is 0 Å². The molecule has 3 rings (SSSR count). The Balaban J connectivity index is 0.00000225. The molecule has 0 aliphatic heterocycles. The van der Waals surface area contributed by atoms with Gasteiger partial charge in [0.05, 0.1) is 5.56 Å². The molecule has 1 amide bonds. The third-order valence-corrected chi connectivity index (χ3v) is 3.62. The van der Waals surface area contributed by atoms with Gasteiger partial charge in [-0.25, -0.2) is 4.79 Å². The molecule has 0 radical (unpaired) electrons. The number of carboxylic acids is 1. The van der Waals surface area contributed by atoms with Gasteiger partial charge in [0.25, 0.3) is 5.91 Å². The van der Waals surface area contributed by atoms with E-state index >= 15 is 0 Å². The summed E-state index contributed by atoms with van der Waals surface area (Å²) in [5.74, 6) is -1.31. The van der Waals surface area contributed by atoms with Crippen LogP contribution in [-0.4, -0.2) is 17.0 Å². The molecule has 5 heteroatoms. The Labute approximate surface area is 151 Å². The van der Waals surface area contributed by atoms with E-state index in [-0.39, 0.29) is 23.9 Å². The van der Waals surface area contributed by atoms with E-state index in [1.165, 1.54) is 12.1 Å². The molecule has 0 aliphatic rings. The lowest BCUT2D eigenvalue weighted by Gasteiger charge is -2.11. The Hall–Kier alpha value is -3.11. The first-order chi connectivity index (χ1) is 11.6. The minimum atomic E-state index is -1.03. The topological polar surface area (TPSA) is 66.4 Å². The standard InChI is InChI=1S/C20H15NO3.ClH/c22-19(21-16-10-6-9-15(13-16)20(23)24)18-12-5-4-11-17(18)14-7-2-1-3-8-14;/h1-13H,(H,21,22)(H,23,24);1H. The van der Waals surface area contributed by atoms with Gasteiger partial charge >= 0.3 is 5.97 Å². The number of nitrogens with one attached hydrogen (secondary N) is 1. The van der Waals surface area contributed by atoms with Gasteiger partial charge in [-0.15, -0.1) is 12.4 Å². The molecular weight excluding hydrogens is 338 g/mol. The highest BCUT2D eigenvalue weighted by Gasteiger charge is 2.13. The lowest BCUT2D eigenvalue weighted by Crippen LogP contribution is -2.13. The molecule has 25 heavy (non-hydrogen) atoms. The Morgan fingerprint density at radius 3 is 2.20 bits per heavy atom. The summed E-state index contributed by atoms with van der Waals surface area (Å²) in [6.45, 7) is 0. The van der Waals surface area contributed by atoms with Crippen LogP contribution in [0.15, 0.2) is 78.9 Å². The summed E-state index contributed by atoms with van der Waals surface area (Å²) in [4.78, 5) is 23.7. The number of benzene rings is 3. The first kappa shape index (κ1) is 18.2. The molecule has 0 spiro atoms. The zero-order chi connectivity index (χ0) is 16.9. The number of rotatable bonds is 4. The van der Waals surface area contributed by atoms with Crippen LogP contribution >= 0.6 is 12.4 Å². The summed E-state index contributed by atoms with van der Waals surface area (Å²) in [5.41, 5.74) is 2.88. The number of carbonyl (C=O) groups is 2. The Bertz CT molecular complexity index is 894. The molecule has 2 N–H and O–H groups in total. The number of hydrogen-bond donors (Lipinski definition) is 2. The number of carboxylic acid groups (broad SMARTS) is 1. The fourth-order valence-electron chi connectivity index (χ4n) is 2.48. The highest BCUT2D eigenvalue weighted by atomic mass is 35.5. The summed E-state index contributed by atoms with van der Waals surface area (Å²) in [5, 5.41) is 11.8. The molecule has 4 nitrogen and oxygen atoms in total. The van der Waals surface area contributed by atoms with E-state index in [2.05, 4.69) is 5.32 Å². The van der Waals surface area contributed by atoms with Crippen molar-refractivity contribution >= 4 is 30.0 Å². The third kappa shape index (κ3) is 4.25. The highest BCUT2D eigenvalue weighted by Crippen LogP contribution is 2.24. The van der Waals surface area contributed by atoms with Gasteiger partial charge < -0.3 is 10.4 Å². The highest BCUT2D eigenvalue weighted by molar-refractivity contribution is 6.09.